The molecule has 0 spiro atoms. The number of amides is 3. The van der Waals surface area contributed by atoms with Gasteiger partial charge in [0, 0.05) is 0 Å². The van der Waals surface area contributed by atoms with Gasteiger partial charge in [-0.15, -0.1) is 0 Å². The molecule has 0 unspecified atom stereocenters. The normalized spacial score (nSPS) is 14.8. The molecule has 1 saturated heterocycles. The molecule has 156 valence electrons. The Hall–Kier alpha value is -3.40. The highest BCUT2D eigenvalue weighted by atomic mass is 79.9. The van der Waals surface area contributed by atoms with E-state index in [2.05, 4.69) is 21.2 Å². The third kappa shape index (κ3) is 4.77. The van der Waals surface area contributed by atoms with E-state index < -0.39 is 24.5 Å². The Morgan fingerprint density at radius 3 is 2.73 bits per heavy atom. The van der Waals surface area contributed by atoms with Crippen molar-refractivity contribution >= 4 is 39.9 Å². The molecule has 0 saturated carbocycles. The summed E-state index contributed by atoms with van der Waals surface area (Å²) in [5.41, 5.74) is 1.06. The largest absolute Gasteiger partial charge is 0.493 e. The van der Waals surface area contributed by atoms with Crippen molar-refractivity contribution in [2.45, 2.75) is 6.61 Å². The van der Waals surface area contributed by atoms with Gasteiger partial charge in [0.1, 0.15) is 24.7 Å². The molecular formula is C20H16BrFN2O6. The Kier molecular flexibility index (Phi) is 6.36. The second-order valence-corrected chi connectivity index (χ2v) is 7.08. The molecular weight excluding hydrogens is 463 g/mol. The fourth-order valence-corrected chi connectivity index (χ4v) is 3.34. The van der Waals surface area contributed by atoms with E-state index >= 15 is 0 Å². The van der Waals surface area contributed by atoms with Crippen molar-refractivity contribution in [2.75, 3.05) is 13.7 Å². The number of methoxy groups -OCH3 is 1. The number of benzene rings is 2. The number of halogens is 2. The Morgan fingerprint density at radius 1 is 1.30 bits per heavy atom. The molecule has 2 aromatic rings. The molecule has 0 aromatic heterocycles. The highest BCUT2D eigenvalue weighted by Crippen LogP contribution is 2.38. The fraction of sp³-hybridized carbons (Fsp3) is 0.150. The van der Waals surface area contributed by atoms with Crippen LogP contribution in [0, 0.1) is 5.82 Å². The molecule has 3 amide bonds. The van der Waals surface area contributed by atoms with E-state index in [1.807, 2.05) is 0 Å². The average molecular weight is 479 g/mol. The quantitative estimate of drug-likeness (QED) is 0.467. The molecule has 0 bridgehead atoms. The number of carbonyl (C=O) groups excluding carboxylic acids is 2. The van der Waals surface area contributed by atoms with Crippen LogP contribution in [0.5, 0.6) is 11.5 Å². The summed E-state index contributed by atoms with van der Waals surface area (Å²) in [5, 5.41) is 11.2. The Balaban J connectivity index is 1.83. The summed E-state index contributed by atoms with van der Waals surface area (Å²) >= 11 is 3.38. The molecule has 30 heavy (non-hydrogen) atoms. The third-order valence-electron chi connectivity index (χ3n) is 4.09. The van der Waals surface area contributed by atoms with Crippen molar-refractivity contribution in [1.29, 1.82) is 0 Å². The maximum Gasteiger partial charge on any atom is 0.329 e. The van der Waals surface area contributed by atoms with Gasteiger partial charge in [0.15, 0.2) is 11.5 Å². The summed E-state index contributed by atoms with van der Waals surface area (Å²) in [7, 11) is 1.44. The summed E-state index contributed by atoms with van der Waals surface area (Å²) < 4.78 is 24.9. The lowest BCUT2D eigenvalue weighted by atomic mass is 10.1. The number of hydrogen-bond acceptors (Lipinski definition) is 5. The number of hydrogen-bond donors (Lipinski definition) is 2. The zero-order chi connectivity index (χ0) is 21.8. The van der Waals surface area contributed by atoms with E-state index in [4.69, 9.17) is 14.6 Å². The lowest BCUT2D eigenvalue weighted by Gasteiger charge is -2.14. The van der Waals surface area contributed by atoms with Crippen molar-refractivity contribution in [3.63, 3.8) is 0 Å². The van der Waals surface area contributed by atoms with Gasteiger partial charge in [0.05, 0.1) is 11.6 Å². The van der Waals surface area contributed by atoms with Crippen molar-refractivity contribution in [3.05, 3.63) is 63.5 Å². The minimum absolute atomic E-state index is 0.0661. The van der Waals surface area contributed by atoms with Gasteiger partial charge in [-0.05, 0) is 57.4 Å². The van der Waals surface area contributed by atoms with Crippen LogP contribution in [0.15, 0.2) is 46.6 Å². The van der Waals surface area contributed by atoms with E-state index in [1.165, 1.54) is 25.3 Å². The van der Waals surface area contributed by atoms with E-state index in [-0.39, 0.29) is 18.1 Å². The Labute approximate surface area is 179 Å². The van der Waals surface area contributed by atoms with E-state index in [1.54, 1.807) is 24.3 Å². The number of nitrogens with zero attached hydrogens (tertiary/aromatic N) is 1. The first-order valence-electron chi connectivity index (χ1n) is 8.59. The first-order chi connectivity index (χ1) is 14.3. The van der Waals surface area contributed by atoms with Crippen LogP contribution in [0.1, 0.15) is 11.1 Å². The molecule has 0 atom stereocenters. The standard InChI is InChI=1S/C20H16BrFN2O6/c1-29-16-8-12(7-15-19(27)24(9-17(25)26)20(28)23-15)6-14(21)18(16)30-10-11-3-2-4-13(22)5-11/h2-8H,9-10H2,1H3,(H,23,28)(H,25,26)/b15-7+. The molecule has 1 fully saturated rings. The van der Waals surface area contributed by atoms with Crippen LogP contribution in [0.25, 0.3) is 6.08 Å². The average Bonchev–Trinajstić information content (AvgIpc) is 2.94. The summed E-state index contributed by atoms with van der Waals surface area (Å²) in [6, 6.07) is 8.40. The maximum atomic E-state index is 13.3. The molecule has 10 heteroatoms. The summed E-state index contributed by atoms with van der Waals surface area (Å²) in [5.74, 6) is -1.71. The number of nitrogens with one attached hydrogen (secondary N) is 1. The molecule has 8 nitrogen and oxygen atoms in total. The zero-order valence-electron chi connectivity index (χ0n) is 15.6. The Morgan fingerprint density at radius 2 is 2.07 bits per heavy atom. The van der Waals surface area contributed by atoms with Crippen LogP contribution in [-0.4, -0.2) is 41.6 Å². The molecule has 1 aliphatic rings. The number of urea groups is 1. The molecule has 0 aliphatic carbocycles. The molecule has 2 aromatic carbocycles. The maximum absolute atomic E-state index is 13.3. The van der Waals surface area contributed by atoms with Crippen LogP contribution < -0.4 is 14.8 Å². The first kappa shape index (κ1) is 21.3. The summed E-state index contributed by atoms with van der Waals surface area (Å²) in [4.78, 5) is 35.5. The molecule has 1 heterocycles. The van der Waals surface area contributed by atoms with Gasteiger partial charge in [-0.3, -0.25) is 9.59 Å². The second kappa shape index (κ2) is 8.95. The van der Waals surface area contributed by atoms with Crippen molar-refractivity contribution in [3.8, 4) is 11.5 Å². The smallest absolute Gasteiger partial charge is 0.329 e. The summed E-state index contributed by atoms with van der Waals surface area (Å²) in [6.07, 6.45) is 1.39. The predicted octanol–water partition coefficient (Wildman–Crippen LogP) is 3.15. The number of carboxylic acid groups (broad SMARTS) is 1. The van der Waals surface area contributed by atoms with Gasteiger partial charge in [-0.25, -0.2) is 14.1 Å². The van der Waals surface area contributed by atoms with Crippen LogP contribution >= 0.6 is 15.9 Å². The summed E-state index contributed by atoms with van der Waals surface area (Å²) in [6.45, 7) is -0.631. The van der Waals surface area contributed by atoms with Crippen LogP contribution in [0.3, 0.4) is 0 Å². The lowest BCUT2D eigenvalue weighted by Crippen LogP contribution is -2.35. The lowest BCUT2D eigenvalue weighted by molar-refractivity contribution is -0.140. The fourth-order valence-electron chi connectivity index (χ4n) is 2.76. The van der Waals surface area contributed by atoms with Crippen LogP contribution in [0.2, 0.25) is 0 Å². The van der Waals surface area contributed by atoms with Gasteiger partial charge in [-0.1, -0.05) is 12.1 Å². The minimum atomic E-state index is -1.30. The van der Waals surface area contributed by atoms with Crippen LogP contribution in [-0.2, 0) is 16.2 Å². The second-order valence-electron chi connectivity index (χ2n) is 6.23. The third-order valence-corrected chi connectivity index (χ3v) is 4.68. The van der Waals surface area contributed by atoms with Crippen LogP contribution in [0.4, 0.5) is 9.18 Å². The number of imide groups is 1. The van der Waals surface area contributed by atoms with Gasteiger partial charge in [0.2, 0.25) is 0 Å². The van der Waals surface area contributed by atoms with Gasteiger partial charge >= 0.3 is 12.0 Å². The van der Waals surface area contributed by atoms with Gasteiger partial charge in [-0.2, -0.15) is 0 Å². The topological polar surface area (TPSA) is 105 Å². The SMILES string of the molecule is COc1cc(/C=C2/NC(=O)N(CC(=O)O)C2=O)cc(Br)c1OCc1cccc(F)c1. The first-order valence-corrected chi connectivity index (χ1v) is 9.39. The number of aliphatic carboxylic acids is 1. The van der Waals surface area contributed by atoms with E-state index in [0.29, 0.717) is 32.0 Å². The number of carboxylic acids is 1. The van der Waals surface area contributed by atoms with Gasteiger partial charge in [0.25, 0.3) is 5.91 Å². The number of rotatable bonds is 7. The van der Waals surface area contributed by atoms with E-state index in [0.717, 1.165) is 0 Å². The van der Waals surface area contributed by atoms with E-state index in [9.17, 15) is 18.8 Å². The van der Waals surface area contributed by atoms with Gasteiger partial charge < -0.3 is 19.9 Å². The van der Waals surface area contributed by atoms with Crippen molar-refractivity contribution < 1.29 is 33.4 Å². The van der Waals surface area contributed by atoms with Crippen molar-refractivity contribution in [1.82, 2.24) is 10.2 Å². The highest BCUT2D eigenvalue weighted by Gasteiger charge is 2.34. The molecule has 0 radical (unpaired) electrons. The Bertz CT molecular complexity index is 1060. The minimum Gasteiger partial charge on any atom is -0.493 e. The zero-order valence-corrected chi connectivity index (χ0v) is 17.2. The molecule has 2 N–H and O–H groups in total. The molecule has 1 aliphatic heterocycles. The highest BCUT2D eigenvalue weighted by molar-refractivity contribution is 9.10. The molecule has 3 rings (SSSR count). The number of carbonyl (C=O) groups is 3. The van der Waals surface area contributed by atoms with Crippen molar-refractivity contribution in [2.24, 2.45) is 0 Å². The predicted molar refractivity (Wildman–Crippen MR) is 107 cm³/mol. The monoisotopic (exact) mass is 478 g/mol. The number of ether oxygens (including phenoxy) is 2.